The fourth-order valence-electron chi connectivity index (χ4n) is 1.36. The minimum Gasteiger partial charge on any atom is -0.326 e. The molecule has 0 saturated heterocycles. The van der Waals surface area contributed by atoms with Gasteiger partial charge >= 0.3 is 0 Å². The van der Waals surface area contributed by atoms with Crippen LogP contribution >= 0.6 is 0 Å². The van der Waals surface area contributed by atoms with E-state index >= 15 is 0 Å². The van der Waals surface area contributed by atoms with Crippen molar-refractivity contribution >= 4 is 0 Å². The lowest BCUT2D eigenvalue weighted by Gasteiger charge is -2.10. The van der Waals surface area contributed by atoms with E-state index in [1.165, 1.54) is 6.07 Å². The van der Waals surface area contributed by atoms with Crippen LogP contribution < -0.4 is 5.73 Å². The van der Waals surface area contributed by atoms with Crippen LogP contribution in [0.15, 0.2) is 6.07 Å². The van der Waals surface area contributed by atoms with Crippen molar-refractivity contribution in [2.45, 2.75) is 19.4 Å². The molecule has 0 spiro atoms. The van der Waals surface area contributed by atoms with Gasteiger partial charge in [0.1, 0.15) is 17.5 Å². The first-order chi connectivity index (χ1) is 7.63. The molecular formula is C10H8F2N4. The van der Waals surface area contributed by atoms with Gasteiger partial charge in [-0.05, 0) is 17.2 Å². The van der Waals surface area contributed by atoms with E-state index in [-0.39, 0.29) is 24.2 Å². The number of pyridine rings is 1. The Kier molecular flexibility index (Phi) is 3.87. The van der Waals surface area contributed by atoms with E-state index < -0.39 is 12.1 Å². The molecular weight excluding hydrogens is 214 g/mol. The average molecular weight is 222 g/mol. The molecule has 0 bridgehead atoms. The minimum atomic E-state index is -2.80. The Morgan fingerprint density at radius 2 is 2.12 bits per heavy atom. The topological polar surface area (TPSA) is 86.5 Å². The van der Waals surface area contributed by atoms with E-state index in [2.05, 4.69) is 4.98 Å². The van der Waals surface area contributed by atoms with Gasteiger partial charge < -0.3 is 5.73 Å². The predicted molar refractivity (Wildman–Crippen MR) is 51.1 cm³/mol. The van der Waals surface area contributed by atoms with Gasteiger partial charge in [0, 0.05) is 6.54 Å². The summed E-state index contributed by atoms with van der Waals surface area (Å²) in [7, 11) is 0. The van der Waals surface area contributed by atoms with Crippen LogP contribution in [0.5, 0.6) is 0 Å². The molecule has 6 heteroatoms. The highest BCUT2D eigenvalue weighted by molar-refractivity contribution is 5.38. The first-order valence-electron chi connectivity index (χ1n) is 4.42. The summed E-state index contributed by atoms with van der Waals surface area (Å²) in [6.07, 6.45) is -2.87. The third kappa shape index (κ3) is 2.30. The lowest BCUT2D eigenvalue weighted by atomic mass is 10.0. The Labute approximate surface area is 90.9 Å². The molecule has 0 unspecified atom stereocenters. The fraction of sp³-hybridized carbons (Fsp3) is 0.300. The molecule has 1 rings (SSSR count). The lowest BCUT2D eigenvalue weighted by Crippen LogP contribution is -2.10. The minimum absolute atomic E-state index is 0.0660. The average Bonchev–Trinajstić information content (AvgIpc) is 2.28. The van der Waals surface area contributed by atoms with Crippen molar-refractivity contribution in [2.75, 3.05) is 0 Å². The maximum atomic E-state index is 12.6. The molecule has 1 aromatic heterocycles. The standard InChI is InChI=1S/C10H8F2N4/c11-10(12)9-8(5-15)6(1-2-13)3-7(4-14)16-9/h3,10H,1,5,15H2. The number of rotatable bonds is 3. The monoisotopic (exact) mass is 222 g/mol. The molecule has 0 saturated carbocycles. The third-order valence-electron chi connectivity index (χ3n) is 2.04. The van der Waals surface area contributed by atoms with Gasteiger partial charge in [0.15, 0.2) is 0 Å². The van der Waals surface area contributed by atoms with Crippen LogP contribution in [-0.4, -0.2) is 4.98 Å². The van der Waals surface area contributed by atoms with Crippen molar-refractivity contribution in [1.82, 2.24) is 4.98 Å². The van der Waals surface area contributed by atoms with Crippen LogP contribution in [0.1, 0.15) is 28.9 Å². The second-order valence-electron chi connectivity index (χ2n) is 2.98. The Morgan fingerprint density at radius 3 is 2.56 bits per heavy atom. The number of aromatic nitrogens is 1. The Hall–Kier alpha value is -2.05. The third-order valence-corrected chi connectivity index (χ3v) is 2.04. The van der Waals surface area contributed by atoms with E-state index in [1.807, 2.05) is 6.07 Å². The van der Waals surface area contributed by atoms with E-state index in [1.54, 1.807) is 6.07 Å². The Morgan fingerprint density at radius 1 is 1.44 bits per heavy atom. The molecule has 0 fully saturated rings. The van der Waals surface area contributed by atoms with Crippen LogP contribution in [0.25, 0.3) is 0 Å². The predicted octanol–water partition coefficient (Wildman–Crippen LogP) is 1.42. The zero-order chi connectivity index (χ0) is 12.1. The Bertz CT molecular complexity index is 471. The van der Waals surface area contributed by atoms with Gasteiger partial charge in [-0.2, -0.15) is 10.5 Å². The van der Waals surface area contributed by atoms with Crippen molar-refractivity contribution in [3.63, 3.8) is 0 Å². The number of hydrogen-bond acceptors (Lipinski definition) is 4. The van der Waals surface area contributed by atoms with Crippen molar-refractivity contribution in [3.8, 4) is 12.1 Å². The summed E-state index contributed by atoms with van der Waals surface area (Å²) >= 11 is 0. The normalized spacial score (nSPS) is 9.88. The molecule has 0 aliphatic carbocycles. The number of alkyl halides is 2. The highest BCUT2D eigenvalue weighted by atomic mass is 19.3. The Balaban J connectivity index is 3.42. The number of nitriles is 2. The first kappa shape index (κ1) is 12.0. The SMILES string of the molecule is N#CCc1cc(C#N)nc(C(F)F)c1CN. The zero-order valence-electron chi connectivity index (χ0n) is 8.24. The van der Waals surface area contributed by atoms with Crippen LogP contribution in [0.2, 0.25) is 0 Å². The van der Waals surface area contributed by atoms with Crippen LogP contribution in [0.4, 0.5) is 8.78 Å². The zero-order valence-corrected chi connectivity index (χ0v) is 8.24. The summed E-state index contributed by atoms with van der Waals surface area (Å²) < 4.78 is 25.3. The van der Waals surface area contributed by atoms with Gasteiger partial charge in [-0.3, -0.25) is 0 Å². The summed E-state index contributed by atoms with van der Waals surface area (Å²) in [6, 6.07) is 4.83. The summed E-state index contributed by atoms with van der Waals surface area (Å²) in [5.41, 5.74) is 5.20. The molecule has 0 radical (unpaired) electrons. The smallest absolute Gasteiger partial charge is 0.280 e. The van der Waals surface area contributed by atoms with Gasteiger partial charge in [-0.25, -0.2) is 13.8 Å². The second kappa shape index (κ2) is 5.15. The van der Waals surface area contributed by atoms with Crippen LogP contribution in [0, 0.1) is 22.7 Å². The highest BCUT2D eigenvalue weighted by Gasteiger charge is 2.18. The van der Waals surface area contributed by atoms with E-state index in [0.717, 1.165) is 0 Å². The highest BCUT2D eigenvalue weighted by Crippen LogP contribution is 2.24. The van der Waals surface area contributed by atoms with E-state index in [9.17, 15) is 8.78 Å². The summed E-state index contributed by atoms with van der Waals surface area (Å²) in [5.74, 6) is 0. The van der Waals surface area contributed by atoms with Crippen LogP contribution in [0.3, 0.4) is 0 Å². The molecule has 0 amide bonds. The van der Waals surface area contributed by atoms with Crippen molar-refractivity contribution in [3.05, 3.63) is 28.6 Å². The first-order valence-corrected chi connectivity index (χ1v) is 4.42. The quantitative estimate of drug-likeness (QED) is 0.837. The summed E-state index contributed by atoms with van der Waals surface area (Å²) in [4.78, 5) is 3.50. The molecule has 1 heterocycles. The van der Waals surface area contributed by atoms with Gasteiger partial charge in [0.2, 0.25) is 0 Å². The van der Waals surface area contributed by atoms with Gasteiger partial charge in [0.05, 0.1) is 12.5 Å². The van der Waals surface area contributed by atoms with Gasteiger partial charge in [-0.1, -0.05) is 0 Å². The molecule has 0 atom stereocenters. The van der Waals surface area contributed by atoms with Crippen molar-refractivity contribution < 1.29 is 8.78 Å². The number of nitrogens with two attached hydrogens (primary N) is 1. The lowest BCUT2D eigenvalue weighted by molar-refractivity contribution is 0.144. The number of nitrogens with zero attached hydrogens (tertiary/aromatic N) is 3. The molecule has 0 aliphatic rings. The maximum Gasteiger partial charge on any atom is 0.280 e. The molecule has 2 N–H and O–H groups in total. The molecule has 16 heavy (non-hydrogen) atoms. The molecule has 82 valence electrons. The van der Waals surface area contributed by atoms with Crippen molar-refractivity contribution in [2.24, 2.45) is 5.73 Å². The second-order valence-corrected chi connectivity index (χ2v) is 2.98. The summed E-state index contributed by atoms with van der Waals surface area (Å²) in [6.45, 7) is -0.130. The van der Waals surface area contributed by atoms with Crippen molar-refractivity contribution in [1.29, 1.82) is 10.5 Å². The molecule has 4 nitrogen and oxygen atoms in total. The number of hydrogen-bond donors (Lipinski definition) is 1. The van der Waals surface area contributed by atoms with E-state index in [4.69, 9.17) is 16.3 Å². The van der Waals surface area contributed by atoms with E-state index in [0.29, 0.717) is 5.56 Å². The summed E-state index contributed by atoms with van der Waals surface area (Å²) in [5, 5.41) is 17.2. The van der Waals surface area contributed by atoms with Gasteiger partial charge in [-0.15, -0.1) is 0 Å². The fourth-order valence-corrected chi connectivity index (χ4v) is 1.36. The van der Waals surface area contributed by atoms with Gasteiger partial charge in [0.25, 0.3) is 6.43 Å². The number of halogens is 2. The molecule has 0 aliphatic heterocycles. The largest absolute Gasteiger partial charge is 0.326 e. The maximum absolute atomic E-state index is 12.6. The van der Waals surface area contributed by atoms with Crippen LogP contribution in [-0.2, 0) is 13.0 Å². The molecule has 0 aromatic carbocycles. The molecule has 1 aromatic rings.